The van der Waals surface area contributed by atoms with Crippen LogP contribution in [0.25, 0.3) is 0 Å². The van der Waals surface area contributed by atoms with E-state index in [1.807, 2.05) is 0 Å². The van der Waals surface area contributed by atoms with Gasteiger partial charge in [0.25, 0.3) is 5.91 Å². The number of carbonyl (C=O) groups excluding carboxylic acids is 2. The van der Waals surface area contributed by atoms with Crippen molar-refractivity contribution in [1.82, 2.24) is 4.90 Å². The predicted molar refractivity (Wildman–Crippen MR) is 68.7 cm³/mol. The molecule has 0 spiro atoms. The van der Waals surface area contributed by atoms with Gasteiger partial charge >= 0.3 is 0 Å². The van der Waals surface area contributed by atoms with E-state index in [2.05, 4.69) is 6.58 Å². The van der Waals surface area contributed by atoms with Crippen LogP contribution in [-0.4, -0.2) is 42.5 Å². The Hall–Kier alpha value is -1.36. The molecule has 2 amide bonds. The highest BCUT2D eigenvalue weighted by atomic mass is 16.5. The normalized spacial score (nSPS) is 18.4. The van der Waals surface area contributed by atoms with Crippen molar-refractivity contribution in [2.45, 2.75) is 32.3 Å². The average molecular weight is 254 g/mol. The second-order valence-corrected chi connectivity index (χ2v) is 4.59. The number of hydrogen-bond donors (Lipinski definition) is 1. The van der Waals surface area contributed by atoms with Gasteiger partial charge in [-0.1, -0.05) is 6.08 Å². The molecule has 1 unspecified atom stereocenters. The quantitative estimate of drug-likeness (QED) is 0.560. The van der Waals surface area contributed by atoms with Gasteiger partial charge in [0.15, 0.2) is 0 Å². The van der Waals surface area contributed by atoms with Crippen LogP contribution in [0.5, 0.6) is 0 Å². The molecule has 5 nitrogen and oxygen atoms in total. The van der Waals surface area contributed by atoms with E-state index in [-0.39, 0.29) is 17.7 Å². The molecule has 0 aromatic heterocycles. The van der Waals surface area contributed by atoms with Crippen LogP contribution in [0.3, 0.4) is 0 Å². The fourth-order valence-corrected chi connectivity index (χ4v) is 2.04. The van der Waals surface area contributed by atoms with Crippen LogP contribution < -0.4 is 5.73 Å². The third kappa shape index (κ3) is 4.14. The summed E-state index contributed by atoms with van der Waals surface area (Å²) in [5.41, 5.74) is 5.25. The van der Waals surface area contributed by atoms with Gasteiger partial charge in [0.05, 0.1) is 6.61 Å². The van der Waals surface area contributed by atoms with E-state index in [1.165, 1.54) is 0 Å². The Bertz CT molecular complexity index is 309. The Balaban J connectivity index is 2.34. The Labute approximate surface area is 108 Å². The number of rotatable bonds is 6. The van der Waals surface area contributed by atoms with Gasteiger partial charge in [0, 0.05) is 19.0 Å². The fourth-order valence-electron chi connectivity index (χ4n) is 2.04. The summed E-state index contributed by atoms with van der Waals surface area (Å²) in [6, 6.07) is 0. The monoisotopic (exact) mass is 254 g/mol. The SMILES string of the molecule is C=CCCOC(C)C(=O)N1CCC(C(N)=O)CC1. The minimum absolute atomic E-state index is 0.0121. The van der Waals surface area contributed by atoms with E-state index >= 15 is 0 Å². The van der Waals surface area contributed by atoms with Crippen molar-refractivity contribution in [2.75, 3.05) is 19.7 Å². The standard InChI is InChI=1S/C13H22N2O3/c1-3-4-9-18-10(2)13(17)15-7-5-11(6-8-15)12(14)16/h3,10-11H,1,4-9H2,2H3,(H2,14,16). The molecule has 18 heavy (non-hydrogen) atoms. The first-order valence-corrected chi connectivity index (χ1v) is 6.37. The van der Waals surface area contributed by atoms with E-state index < -0.39 is 6.10 Å². The van der Waals surface area contributed by atoms with E-state index in [1.54, 1.807) is 17.9 Å². The van der Waals surface area contributed by atoms with Gasteiger partial charge in [0.1, 0.15) is 6.10 Å². The third-order valence-electron chi connectivity index (χ3n) is 3.25. The minimum Gasteiger partial charge on any atom is -0.369 e. The first-order valence-electron chi connectivity index (χ1n) is 6.37. The summed E-state index contributed by atoms with van der Waals surface area (Å²) in [4.78, 5) is 24.8. The zero-order chi connectivity index (χ0) is 13.5. The topological polar surface area (TPSA) is 72.6 Å². The van der Waals surface area contributed by atoms with E-state index in [4.69, 9.17) is 10.5 Å². The molecule has 2 N–H and O–H groups in total. The Kier molecular flexibility index (Phi) is 5.85. The van der Waals surface area contributed by atoms with E-state index in [0.29, 0.717) is 32.5 Å². The summed E-state index contributed by atoms with van der Waals surface area (Å²) in [6.07, 6.45) is 3.37. The van der Waals surface area contributed by atoms with Gasteiger partial charge in [0.2, 0.25) is 5.91 Å². The first kappa shape index (κ1) is 14.7. The summed E-state index contributed by atoms with van der Waals surface area (Å²) in [7, 11) is 0. The van der Waals surface area contributed by atoms with Crippen LogP contribution in [0.4, 0.5) is 0 Å². The van der Waals surface area contributed by atoms with Crippen LogP contribution >= 0.6 is 0 Å². The molecule has 1 saturated heterocycles. The van der Waals surface area contributed by atoms with Crippen molar-refractivity contribution < 1.29 is 14.3 Å². The smallest absolute Gasteiger partial charge is 0.251 e. The molecule has 102 valence electrons. The predicted octanol–water partition coefficient (Wildman–Crippen LogP) is 0.691. The molecule has 0 saturated carbocycles. The molecule has 1 heterocycles. The van der Waals surface area contributed by atoms with Crippen LogP contribution in [0, 0.1) is 5.92 Å². The highest BCUT2D eigenvalue weighted by Crippen LogP contribution is 2.17. The van der Waals surface area contributed by atoms with Crippen molar-refractivity contribution in [1.29, 1.82) is 0 Å². The maximum atomic E-state index is 12.0. The molecular weight excluding hydrogens is 232 g/mol. The van der Waals surface area contributed by atoms with Crippen molar-refractivity contribution in [2.24, 2.45) is 11.7 Å². The molecule has 0 aliphatic carbocycles. The van der Waals surface area contributed by atoms with Crippen LogP contribution in [0.15, 0.2) is 12.7 Å². The molecule has 1 atom stereocenters. The number of primary amides is 1. The highest BCUT2D eigenvalue weighted by Gasteiger charge is 2.28. The maximum Gasteiger partial charge on any atom is 0.251 e. The number of nitrogens with zero attached hydrogens (tertiary/aromatic N) is 1. The molecule has 1 aliphatic heterocycles. The summed E-state index contributed by atoms with van der Waals surface area (Å²) in [5, 5.41) is 0. The molecule has 1 rings (SSSR count). The summed E-state index contributed by atoms with van der Waals surface area (Å²) in [5.74, 6) is -0.370. The van der Waals surface area contributed by atoms with Gasteiger partial charge in [-0.2, -0.15) is 0 Å². The van der Waals surface area contributed by atoms with E-state index in [0.717, 1.165) is 6.42 Å². The molecular formula is C13H22N2O3. The minimum atomic E-state index is -0.435. The van der Waals surface area contributed by atoms with Crippen molar-refractivity contribution in [3.8, 4) is 0 Å². The number of likely N-dealkylation sites (tertiary alicyclic amines) is 1. The molecule has 0 radical (unpaired) electrons. The average Bonchev–Trinajstić information content (AvgIpc) is 2.38. The Morgan fingerprint density at radius 1 is 1.50 bits per heavy atom. The largest absolute Gasteiger partial charge is 0.369 e. The Morgan fingerprint density at radius 3 is 2.61 bits per heavy atom. The van der Waals surface area contributed by atoms with Crippen molar-refractivity contribution in [3.05, 3.63) is 12.7 Å². The van der Waals surface area contributed by atoms with Crippen molar-refractivity contribution in [3.63, 3.8) is 0 Å². The van der Waals surface area contributed by atoms with Crippen molar-refractivity contribution >= 4 is 11.8 Å². The van der Waals surface area contributed by atoms with Gasteiger partial charge in [-0.25, -0.2) is 0 Å². The molecule has 0 aromatic carbocycles. The zero-order valence-corrected chi connectivity index (χ0v) is 10.9. The number of hydrogen-bond acceptors (Lipinski definition) is 3. The lowest BCUT2D eigenvalue weighted by Gasteiger charge is -2.32. The lowest BCUT2D eigenvalue weighted by molar-refractivity contribution is -0.145. The van der Waals surface area contributed by atoms with Gasteiger partial charge in [-0.15, -0.1) is 6.58 Å². The summed E-state index contributed by atoms with van der Waals surface area (Å²) < 4.78 is 5.42. The second kappa shape index (κ2) is 7.16. The molecule has 1 fully saturated rings. The molecule has 1 aliphatic rings. The van der Waals surface area contributed by atoms with Gasteiger partial charge < -0.3 is 15.4 Å². The van der Waals surface area contributed by atoms with Crippen LogP contribution in [-0.2, 0) is 14.3 Å². The van der Waals surface area contributed by atoms with Crippen LogP contribution in [0.2, 0.25) is 0 Å². The fraction of sp³-hybridized carbons (Fsp3) is 0.692. The van der Waals surface area contributed by atoms with Crippen LogP contribution in [0.1, 0.15) is 26.2 Å². The number of carbonyl (C=O) groups is 2. The lowest BCUT2D eigenvalue weighted by Crippen LogP contribution is -2.45. The van der Waals surface area contributed by atoms with E-state index in [9.17, 15) is 9.59 Å². The lowest BCUT2D eigenvalue weighted by atomic mass is 9.96. The zero-order valence-electron chi connectivity index (χ0n) is 10.9. The second-order valence-electron chi connectivity index (χ2n) is 4.59. The highest BCUT2D eigenvalue weighted by molar-refractivity contribution is 5.81. The number of ether oxygens (including phenoxy) is 1. The van der Waals surface area contributed by atoms with Gasteiger partial charge in [-0.3, -0.25) is 9.59 Å². The summed E-state index contributed by atoms with van der Waals surface area (Å²) in [6.45, 7) is 7.03. The maximum absolute atomic E-state index is 12.0. The number of piperidine rings is 1. The van der Waals surface area contributed by atoms with Gasteiger partial charge in [-0.05, 0) is 26.2 Å². The Morgan fingerprint density at radius 2 is 2.11 bits per heavy atom. The molecule has 5 heteroatoms. The molecule has 0 bridgehead atoms. The summed E-state index contributed by atoms with van der Waals surface area (Å²) >= 11 is 0. The number of amides is 2. The molecule has 0 aromatic rings. The third-order valence-corrected chi connectivity index (χ3v) is 3.25. The number of nitrogens with two attached hydrogens (primary N) is 1. The first-order chi connectivity index (χ1) is 8.56.